The van der Waals surface area contributed by atoms with Crippen molar-refractivity contribution >= 4 is 11.9 Å². The Labute approximate surface area is 289 Å². The van der Waals surface area contributed by atoms with Gasteiger partial charge >= 0.3 is 11.9 Å². The molecule has 0 radical (unpaired) electrons. The largest absolute Gasteiger partial charge is 0.493 e. The minimum Gasteiger partial charge on any atom is -0.493 e. The predicted molar refractivity (Wildman–Crippen MR) is 189 cm³/mol. The van der Waals surface area contributed by atoms with E-state index in [-0.39, 0.29) is 12.5 Å². The zero-order valence-corrected chi connectivity index (χ0v) is 30.5. The molecule has 0 amide bonds. The highest BCUT2D eigenvalue weighted by Gasteiger charge is 2.69. The summed E-state index contributed by atoms with van der Waals surface area (Å²) in [6.07, 6.45) is 21.3. The third-order valence-corrected chi connectivity index (χ3v) is 11.0. The highest BCUT2D eigenvalue weighted by molar-refractivity contribution is 5.80. The van der Waals surface area contributed by atoms with E-state index in [0.717, 1.165) is 49.8 Å². The molecule has 0 aromatic heterocycles. The number of rotatable bonds is 19. The number of ether oxygens (including phenoxy) is 4. The van der Waals surface area contributed by atoms with E-state index < -0.39 is 35.2 Å². The van der Waals surface area contributed by atoms with E-state index in [4.69, 9.17) is 18.9 Å². The monoisotopic (exact) mass is 667 g/mol. The van der Waals surface area contributed by atoms with E-state index in [2.05, 4.69) is 24.0 Å². The zero-order chi connectivity index (χ0) is 34.7. The van der Waals surface area contributed by atoms with Crippen LogP contribution in [0.15, 0.2) is 36.1 Å². The van der Waals surface area contributed by atoms with Crippen LogP contribution in [0.25, 0.3) is 0 Å². The molecule has 48 heavy (non-hydrogen) atoms. The smallest absolute Gasteiger partial charge is 0.352 e. The van der Waals surface area contributed by atoms with Crippen LogP contribution in [0.2, 0.25) is 0 Å². The third-order valence-electron chi connectivity index (χ3n) is 11.0. The summed E-state index contributed by atoms with van der Waals surface area (Å²) in [5.41, 5.74) is -0.0872. The molecule has 268 valence electrons. The van der Waals surface area contributed by atoms with Crippen molar-refractivity contribution in [2.45, 2.75) is 160 Å². The van der Waals surface area contributed by atoms with Crippen LogP contribution >= 0.6 is 0 Å². The Morgan fingerprint density at radius 3 is 2.35 bits per heavy atom. The number of esters is 2. The van der Waals surface area contributed by atoms with E-state index in [9.17, 15) is 14.7 Å². The molecule has 2 heterocycles. The fourth-order valence-corrected chi connectivity index (χ4v) is 8.00. The van der Waals surface area contributed by atoms with E-state index in [1.54, 1.807) is 20.1 Å². The molecule has 1 fully saturated rings. The summed E-state index contributed by atoms with van der Waals surface area (Å²) in [5.74, 6) is 0.468. The highest BCUT2D eigenvalue weighted by atomic mass is 16.6. The van der Waals surface area contributed by atoms with Gasteiger partial charge < -0.3 is 29.0 Å². The average Bonchev–Trinajstić information content (AvgIpc) is 3.44. The molecule has 0 saturated carbocycles. The normalized spacial score (nSPS) is 25.4. The lowest BCUT2D eigenvalue weighted by Crippen LogP contribution is -2.71. The van der Waals surface area contributed by atoms with Gasteiger partial charge in [0.1, 0.15) is 5.76 Å². The number of allylic oxidation sites excluding steroid dienone is 2. The quantitative estimate of drug-likeness (QED) is 0.0896. The molecule has 8 nitrogen and oxygen atoms in total. The molecule has 1 aromatic carbocycles. The van der Waals surface area contributed by atoms with Gasteiger partial charge in [-0.3, -0.25) is 4.79 Å². The summed E-state index contributed by atoms with van der Waals surface area (Å²) < 4.78 is 23.7. The van der Waals surface area contributed by atoms with Gasteiger partial charge in [-0.25, -0.2) is 4.79 Å². The van der Waals surface area contributed by atoms with Crippen LogP contribution in [0.5, 0.6) is 11.5 Å². The maximum absolute atomic E-state index is 13.3. The Morgan fingerprint density at radius 2 is 1.69 bits per heavy atom. The summed E-state index contributed by atoms with van der Waals surface area (Å²) in [6.45, 7) is 8.59. The van der Waals surface area contributed by atoms with Gasteiger partial charge in [0.05, 0.1) is 18.1 Å². The number of piperidine rings is 1. The number of fused-ring (bicyclic) bond motifs is 1. The Kier molecular flexibility index (Phi) is 14.0. The maximum atomic E-state index is 13.3. The van der Waals surface area contributed by atoms with Crippen molar-refractivity contribution in [3.63, 3.8) is 0 Å². The zero-order valence-electron chi connectivity index (χ0n) is 30.5. The highest BCUT2D eigenvalue weighted by Crippen LogP contribution is 2.62. The number of likely N-dealkylation sites (N-methyl/N-ethyl adjacent to an activating group) is 1. The van der Waals surface area contributed by atoms with Crippen LogP contribution in [-0.2, 0) is 24.5 Å². The van der Waals surface area contributed by atoms with Crippen LogP contribution < -0.4 is 9.47 Å². The molecule has 2 aliphatic heterocycles. The van der Waals surface area contributed by atoms with Crippen LogP contribution in [0.1, 0.15) is 135 Å². The van der Waals surface area contributed by atoms with Crippen LogP contribution in [0, 0.1) is 6.92 Å². The van der Waals surface area contributed by atoms with Gasteiger partial charge in [0, 0.05) is 24.4 Å². The number of carbonyl (C=O) groups is 2. The number of nitrogens with zero attached hydrogens (tertiary/aromatic N) is 1. The molecule has 5 atom stereocenters. The number of carbonyl (C=O) groups excluding carboxylic acids is 2. The second-order valence-corrected chi connectivity index (χ2v) is 14.3. The summed E-state index contributed by atoms with van der Waals surface area (Å²) in [7, 11) is 3.62. The summed E-state index contributed by atoms with van der Waals surface area (Å²) in [4.78, 5) is 28.0. The average molecular weight is 668 g/mol. The second-order valence-electron chi connectivity index (χ2n) is 14.3. The van der Waals surface area contributed by atoms with Crippen molar-refractivity contribution < 1.29 is 33.6 Å². The van der Waals surface area contributed by atoms with Crippen LogP contribution in [0.3, 0.4) is 0 Å². The molecule has 3 aliphatic rings. The first-order valence-electron chi connectivity index (χ1n) is 18.6. The lowest BCUT2D eigenvalue weighted by Gasteiger charge is -2.58. The number of methoxy groups -OCH3 is 1. The summed E-state index contributed by atoms with van der Waals surface area (Å²) >= 11 is 0. The minimum atomic E-state index is -1.16. The lowest BCUT2D eigenvalue weighted by molar-refractivity contribution is -0.171. The number of aliphatic hydroxyl groups is 1. The first-order valence-corrected chi connectivity index (χ1v) is 18.6. The molecule has 1 aromatic rings. The van der Waals surface area contributed by atoms with Crippen molar-refractivity contribution in [1.82, 2.24) is 4.90 Å². The van der Waals surface area contributed by atoms with Gasteiger partial charge in [-0.1, -0.05) is 76.5 Å². The Bertz CT molecular complexity index is 1290. The van der Waals surface area contributed by atoms with Gasteiger partial charge in [0.15, 0.2) is 23.7 Å². The van der Waals surface area contributed by atoms with Crippen molar-refractivity contribution in [2.75, 3.05) is 20.7 Å². The lowest BCUT2D eigenvalue weighted by atomic mass is 9.54. The van der Waals surface area contributed by atoms with Crippen LogP contribution in [0.4, 0.5) is 0 Å². The van der Waals surface area contributed by atoms with E-state index >= 15 is 0 Å². The van der Waals surface area contributed by atoms with Gasteiger partial charge in [-0.05, 0) is 90.6 Å². The standard InChI is InChI=1S/C40H61NO7/c1-7-8-9-10-11-12-13-14-15-16-17-18-19-20-21-22-34(42)46-30(3)38(43)47-33-25-26-40(44)31(4)41(5)28-27-39(40)35-29(2)23-24-32(45-6)36(35)48-37(33)39/h14-15,23-25,30-31,37,44H,7-13,16-22,26-28H2,1-6H3/b15-14-/t30-,31+,37-,39-,40+/m0/s1. The number of benzene rings is 1. The molecular weight excluding hydrogens is 606 g/mol. The SMILES string of the molecule is CCCCCCCC/C=C\CCCCCCCC(=O)O[C@@H](C)C(=O)OC1=CC[C@@]2(O)[C@@H](C)N(C)CC[C@@]23c2c(C)ccc(OC)c2O[C@@H]13. The Hall–Kier alpha value is -2.84. The van der Waals surface area contributed by atoms with Gasteiger partial charge in [-0.2, -0.15) is 0 Å². The van der Waals surface area contributed by atoms with Crippen molar-refractivity contribution in [2.24, 2.45) is 0 Å². The molecule has 1 saturated heterocycles. The van der Waals surface area contributed by atoms with E-state index in [1.807, 2.05) is 33.0 Å². The maximum Gasteiger partial charge on any atom is 0.352 e. The number of likely N-dealkylation sites (tertiary alicyclic amines) is 1. The van der Waals surface area contributed by atoms with Crippen molar-refractivity contribution in [3.05, 3.63) is 47.2 Å². The molecule has 1 spiro atoms. The van der Waals surface area contributed by atoms with Gasteiger partial charge in [0.25, 0.3) is 0 Å². The molecule has 1 aliphatic carbocycles. The second kappa shape index (κ2) is 17.7. The number of aryl methyl sites for hydroxylation is 1. The van der Waals surface area contributed by atoms with Crippen molar-refractivity contribution in [1.29, 1.82) is 0 Å². The minimum absolute atomic E-state index is 0.168. The fraction of sp³-hybridized carbons (Fsp3) is 0.700. The molecule has 0 unspecified atom stereocenters. The fourth-order valence-electron chi connectivity index (χ4n) is 8.00. The third kappa shape index (κ3) is 8.30. The summed E-state index contributed by atoms with van der Waals surface area (Å²) in [5, 5.41) is 12.4. The van der Waals surface area contributed by atoms with Gasteiger partial charge in [-0.15, -0.1) is 0 Å². The Balaban J connectivity index is 1.23. The molecule has 1 N–H and O–H groups in total. The van der Waals surface area contributed by atoms with Crippen molar-refractivity contribution in [3.8, 4) is 11.5 Å². The van der Waals surface area contributed by atoms with E-state index in [1.165, 1.54) is 51.4 Å². The van der Waals surface area contributed by atoms with E-state index in [0.29, 0.717) is 30.1 Å². The first-order chi connectivity index (χ1) is 23.1. The van der Waals surface area contributed by atoms with Gasteiger partial charge in [0.2, 0.25) is 0 Å². The molecular formula is C40H61NO7. The first kappa shape index (κ1) is 38.0. The molecule has 0 bridgehead atoms. The number of unbranched alkanes of at least 4 members (excludes halogenated alkanes) is 11. The predicted octanol–water partition coefficient (Wildman–Crippen LogP) is 8.26. The number of hydrogen-bond donors (Lipinski definition) is 1. The molecule has 8 heteroatoms. The summed E-state index contributed by atoms with van der Waals surface area (Å²) in [6, 6.07) is 3.69. The Morgan fingerprint density at radius 1 is 1.04 bits per heavy atom. The van der Waals surface area contributed by atoms with Crippen LogP contribution in [-0.4, -0.2) is 66.5 Å². The molecule has 4 rings (SSSR count). The topological polar surface area (TPSA) is 94.5 Å². The number of hydrogen-bond acceptors (Lipinski definition) is 8.